The Hall–Kier alpha value is -2.34. The fraction of sp³-hybridized carbons (Fsp3) is 0.455. The van der Waals surface area contributed by atoms with Crippen molar-refractivity contribution in [3.63, 3.8) is 0 Å². The lowest BCUT2D eigenvalue weighted by Crippen LogP contribution is -2.16. The molecule has 2 unspecified atom stereocenters. The lowest BCUT2D eigenvalue weighted by molar-refractivity contribution is 0.281. The monoisotopic (exact) mass is 436 g/mol. The van der Waals surface area contributed by atoms with Gasteiger partial charge in [-0.25, -0.2) is 0 Å². The molecule has 0 amide bonds. The first-order valence-corrected chi connectivity index (χ1v) is 13.2. The molecule has 5 rings (SSSR count). The molecule has 3 aliphatic rings. The molecule has 2 aromatic carbocycles. The third kappa shape index (κ3) is 4.54. The van der Waals surface area contributed by atoms with Gasteiger partial charge >= 0.3 is 0 Å². The maximum atomic E-state index is 4.35. The summed E-state index contributed by atoms with van der Waals surface area (Å²) in [6, 6.07) is 11.8. The first-order chi connectivity index (χ1) is 15.9. The van der Waals surface area contributed by atoms with Gasteiger partial charge in [0.25, 0.3) is 0 Å². The molecular formula is C33H40. The standard InChI is InChI=1S/C33H40/c1-21-8-6-9-26(15-21)18-31-25(5)14-22(2)16-33(31)29-11-7-10-28-17-27(20-32(28)29)19-30-23(3)12-13-24(30)4/h7,10-11,14,16-17,21,26,30H,3-4,6,8-9,12-13,15,18-20H2,1-2,5H3. The summed E-state index contributed by atoms with van der Waals surface area (Å²) in [4.78, 5) is 0. The van der Waals surface area contributed by atoms with Crippen molar-refractivity contribution in [1.82, 2.24) is 0 Å². The molecule has 33 heavy (non-hydrogen) atoms. The van der Waals surface area contributed by atoms with Crippen molar-refractivity contribution in [2.45, 2.75) is 78.6 Å². The van der Waals surface area contributed by atoms with E-state index in [0.717, 1.165) is 37.5 Å². The smallest absolute Gasteiger partial charge is 0.00392 e. The van der Waals surface area contributed by atoms with Crippen LogP contribution in [0, 0.1) is 31.6 Å². The lowest BCUT2D eigenvalue weighted by atomic mass is 9.77. The van der Waals surface area contributed by atoms with Gasteiger partial charge in [-0.3, -0.25) is 0 Å². The Balaban J connectivity index is 1.46. The molecule has 0 bridgehead atoms. The summed E-state index contributed by atoms with van der Waals surface area (Å²) >= 11 is 0. The van der Waals surface area contributed by atoms with Crippen LogP contribution in [0.4, 0.5) is 0 Å². The van der Waals surface area contributed by atoms with E-state index in [9.17, 15) is 0 Å². The van der Waals surface area contributed by atoms with Crippen molar-refractivity contribution in [2.75, 3.05) is 0 Å². The van der Waals surface area contributed by atoms with Gasteiger partial charge in [-0.05, 0) is 97.6 Å². The van der Waals surface area contributed by atoms with E-state index in [0.29, 0.717) is 5.92 Å². The number of fused-ring (bicyclic) bond motifs is 1. The Morgan fingerprint density at radius 2 is 1.73 bits per heavy atom. The molecule has 0 spiro atoms. The SMILES string of the molecule is C=C1CCC(=C)C1CC1=Cc2cccc(-c3cc(C)cc(C)c3CC3CCCC(C)C3)c2C1. The average molecular weight is 437 g/mol. The zero-order valence-electron chi connectivity index (χ0n) is 21.0. The van der Waals surface area contributed by atoms with Gasteiger partial charge in [-0.2, -0.15) is 0 Å². The zero-order chi connectivity index (χ0) is 23.1. The predicted octanol–water partition coefficient (Wildman–Crippen LogP) is 9.19. The maximum Gasteiger partial charge on any atom is 0.00392 e. The molecule has 0 N–H and O–H groups in total. The molecule has 0 radical (unpaired) electrons. The Morgan fingerprint density at radius 1 is 0.939 bits per heavy atom. The molecule has 2 atom stereocenters. The van der Waals surface area contributed by atoms with Crippen LogP contribution in [0.1, 0.15) is 79.7 Å². The molecule has 0 saturated heterocycles. The number of aryl methyl sites for hydroxylation is 2. The van der Waals surface area contributed by atoms with Crippen LogP contribution in [-0.2, 0) is 12.8 Å². The van der Waals surface area contributed by atoms with Crippen molar-refractivity contribution in [3.05, 3.63) is 88.0 Å². The van der Waals surface area contributed by atoms with Gasteiger partial charge in [0.1, 0.15) is 0 Å². The van der Waals surface area contributed by atoms with Crippen molar-refractivity contribution < 1.29 is 0 Å². The zero-order valence-corrected chi connectivity index (χ0v) is 21.0. The molecule has 172 valence electrons. The first-order valence-electron chi connectivity index (χ1n) is 13.2. The minimum atomic E-state index is 0.485. The molecule has 0 nitrogen and oxygen atoms in total. The fourth-order valence-corrected chi connectivity index (χ4v) is 6.87. The first kappa shape index (κ1) is 22.5. The lowest BCUT2D eigenvalue weighted by Gasteiger charge is -2.28. The van der Waals surface area contributed by atoms with Gasteiger partial charge in [0, 0.05) is 5.92 Å². The highest BCUT2D eigenvalue weighted by Crippen LogP contribution is 2.43. The maximum absolute atomic E-state index is 4.35. The molecule has 0 heteroatoms. The number of rotatable bonds is 5. The van der Waals surface area contributed by atoms with Gasteiger partial charge in [0.2, 0.25) is 0 Å². The summed E-state index contributed by atoms with van der Waals surface area (Å²) in [7, 11) is 0. The largest absolute Gasteiger partial charge is 0.0992 e. The molecule has 3 aliphatic carbocycles. The Bertz CT molecular complexity index is 1110. The molecular weight excluding hydrogens is 396 g/mol. The number of allylic oxidation sites excluding steroid dienone is 3. The summed E-state index contributed by atoms with van der Waals surface area (Å²) in [6.07, 6.45) is 13.7. The molecule has 0 aromatic heterocycles. The molecule has 0 heterocycles. The minimum Gasteiger partial charge on any atom is -0.0992 e. The second-order valence-corrected chi connectivity index (χ2v) is 11.4. The molecule has 0 aliphatic heterocycles. The number of benzene rings is 2. The molecule has 2 fully saturated rings. The van der Waals surface area contributed by atoms with Crippen LogP contribution in [-0.4, -0.2) is 0 Å². The van der Waals surface area contributed by atoms with E-state index in [4.69, 9.17) is 0 Å². The number of hydrogen-bond donors (Lipinski definition) is 0. The second kappa shape index (κ2) is 9.13. The van der Waals surface area contributed by atoms with Gasteiger partial charge < -0.3 is 0 Å². The third-order valence-electron chi connectivity index (χ3n) is 8.64. The Kier molecular flexibility index (Phi) is 6.21. The molecule has 2 saturated carbocycles. The summed E-state index contributed by atoms with van der Waals surface area (Å²) in [5.74, 6) is 2.20. The highest BCUT2D eigenvalue weighted by Gasteiger charge is 2.27. The fourth-order valence-electron chi connectivity index (χ4n) is 6.87. The van der Waals surface area contributed by atoms with Crippen LogP contribution >= 0.6 is 0 Å². The van der Waals surface area contributed by atoms with Crippen LogP contribution in [0.25, 0.3) is 17.2 Å². The Labute approximate surface area is 201 Å². The van der Waals surface area contributed by atoms with Crippen LogP contribution < -0.4 is 0 Å². The summed E-state index contributed by atoms with van der Waals surface area (Å²) in [5.41, 5.74) is 14.7. The van der Waals surface area contributed by atoms with Crippen LogP contribution in [0.15, 0.2) is 60.2 Å². The topological polar surface area (TPSA) is 0 Å². The predicted molar refractivity (Wildman–Crippen MR) is 143 cm³/mol. The van der Waals surface area contributed by atoms with E-state index >= 15 is 0 Å². The minimum absolute atomic E-state index is 0.485. The van der Waals surface area contributed by atoms with E-state index in [-0.39, 0.29) is 0 Å². The van der Waals surface area contributed by atoms with E-state index in [1.165, 1.54) is 76.6 Å². The quantitative estimate of drug-likeness (QED) is 0.410. The summed E-state index contributed by atoms with van der Waals surface area (Å²) in [6.45, 7) is 15.7. The Morgan fingerprint density at radius 3 is 2.48 bits per heavy atom. The van der Waals surface area contributed by atoms with E-state index in [1.807, 2.05) is 0 Å². The van der Waals surface area contributed by atoms with Crippen molar-refractivity contribution in [2.24, 2.45) is 17.8 Å². The van der Waals surface area contributed by atoms with Gasteiger partial charge in [0.05, 0.1) is 0 Å². The van der Waals surface area contributed by atoms with E-state index in [1.54, 1.807) is 11.1 Å². The van der Waals surface area contributed by atoms with Gasteiger partial charge in [0.15, 0.2) is 0 Å². The van der Waals surface area contributed by atoms with Crippen LogP contribution in [0.2, 0.25) is 0 Å². The second-order valence-electron chi connectivity index (χ2n) is 11.4. The highest BCUT2D eigenvalue weighted by atomic mass is 14.3. The highest BCUT2D eigenvalue weighted by molar-refractivity contribution is 5.80. The van der Waals surface area contributed by atoms with Crippen LogP contribution in [0.5, 0.6) is 0 Å². The normalized spacial score (nSPS) is 23.2. The van der Waals surface area contributed by atoms with E-state index in [2.05, 4.69) is 70.3 Å². The molecule has 2 aromatic rings. The average Bonchev–Trinajstić information content (AvgIpc) is 3.33. The van der Waals surface area contributed by atoms with Gasteiger partial charge in [-0.1, -0.05) is 98.0 Å². The van der Waals surface area contributed by atoms with Gasteiger partial charge in [-0.15, -0.1) is 0 Å². The van der Waals surface area contributed by atoms with Crippen molar-refractivity contribution in [3.8, 4) is 11.1 Å². The van der Waals surface area contributed by atoms with Crippen molar-refractivity contribution >= 4 is 6.08 Å². The van der Waals surface area contributed by atoms with Crippen molar-refractivity contribution in [1.29, 1.82) is 0 Å². The summed E-state index contributed by atoms with van der Waals surface area (Å²) < 4.78 is 0. The number of hydrogen-bond acceptors (Lipinski definition) is 0. The van der Waals surface area contributed by atoms with Crippen LogP contribution in [0.3, 0.4) is 0 Å². The summed E-state index contributed by atoms with van der Waals surface area (Å²) in [5, 5.41) is 0. The third-order valence-corrected chi connectivity index (χ3v) is 8.64. The van der Waals surface area contributed by atoms with E-state index < -0.39 is 0 Å².